The second-order valence-electron chi connectivity index (χ2n) is 6.76. The third-order valence-corrected chi connectivity index (χ3v) is 4.59. The number of nitrogens with one attached hydrogen (secondary N) is 2. The minimum atomic E-state index is -0.551. The molecule has 0 aliphatic heterocycles. The number of hydrogen-bond donors (Lipinski definition) is 2. The topological polar surface area (TPSA) is 132 Å². The predicted octanol–water partition coefficient (Wildman–Crippen LogP) is 4.04. The van der Waals surface area contributed by atoms with E-state index in [4.69, 9.17) is 21.1 Å². The first-order chi connectivity index (χ1) is 16.4. The van der Waals surface area contributed by atoms with Gasteiger partial charge in [0.15, 0.2) is 18.1 Å². The summed E-state index contributed by atoms with van der Waals surface area (Å²) >= 11 is 5.88. The van der Waals surface area contributed by atoms with Crippen LogP contribution >= 0.6 is 11.6 Å². The number of ether oxygens (including phenoxy) is 2. The molecule has 174 valence electrons. The Morgan fingerprint density at radius 2 is 1.88 bits per heavy atom. The van der Waals surface area contributed by atoms with Crippen LogP contribution in [0.3, 0.4) is 0 Å². The Morgan fingerprint density at radius 3 is 2.62 bits per heavy atom. The lowest BCUT2D eigenvalue weighted by molar-refractivity contribution is -0.384. The molecule has 0 fully saturated rings. The van der Waals surface area contributed by atoms with E-state index < -0.39 is 16.7 Å². The summed E-state index contributed by atoms with van der Waals surface area (Å²) in [5.74, 6) is -0.276. The Bertz CT molecular complexity index is 1250. The number of anilines is 1. The molecule has 0 radical (unpaired) electrons. The summed E-state index contributed by atoms with van der Waals surface area (Å²) in [5.41, 5.74) is 3.52. The lowest BCUT2D eigenvalue weighted by Crippen LogP contribution is -2.20. The predicted molar refractivity (Wildman–Crippen MR) is 127 cm³/mol. The third-order valence-electron chi connectivity index (χ3n) is 4.35. The van der Waals surface area contributed by atoms with E-state index in [0.717, 1.165) is 0 Å². The van der Waals surface area contributed by atoms with Gasteiger partial charge in [-0.2, -0.15) is 5.10 Å². The summed E-state index contributed by atoms with van der Waals surface area (Å²) in [6, 6.07) is 16.9. The van der Waals surface area contributed by atoms with Gasteiger partial charge in [-0.25, -0.2) is 5.43 Å². The molecule has 10 nitrogen and oxygen atoms in total. The molecule has 3 rings (SSSR count). The highest BCUT2D eigenvalue weighted by Gasteiger charge is 2.11. The largest absolute Gasteiger partial charge is 0.493 e. The zero-order valence-electron chi connectivity index (χ0n) is 17.9. The van der Waals surface area contributed by atoms with E-state index >= 15 is 0 Å². The van der Waals surface area contributed by atoms with Gasteiger partial charge in [0.1, 0.15) is 0 Å². The number of halogens is 1. The average molecular weight is 483 g/mol. The summed E-state index contributed by atoms with van der Waals surface area (Å²) in [5, 5.41) is 17.7. The minimum absolute atomic E-state index is 0.138. The Kier molecular flexibility index (Phi) is 8.14. The molecule has 11 heteroatoms. The van der Waals surface area contributed by atoms with Crippen LogP contribution in [0.1, 0.15) is 15.9 Å². The van der Waals surface area contributed by atoms with Crippen LogP contribution in [-0.4, -0.2) is 36.7 Å². The Hall–Kier alpha value is -4.44. The van der Waals surface area contributed by atoms with Crippen molar-refractivity contribution in [3.8, 4) is 11.5 Å². The number of non-ortho nitro benzene ring substituents is 1. The number of carbonyl (C=O) groups is 2. The maximum Gasteiger partial charge on any atom is 0.271 e. The number of hydrazone groups is 1. The zero-order valence-corrected chi connectivity index (χ0v) is 18.6. The van der Waals surface area contributed by atoms with Gasteiger partial charge >= 0.3 is 0 Å². The fraction of sp³-hybridized carbons (Fsp3) is 0.0870. The maximum atomic E-state index is 12.2. The summed E-state index contributed by atoms with van der Waals surface area (Å²) in [7, 11) is 1.44. The second-order valence-corrected chi connectivity index (χ2v) is 7.20. The SMILES string of the molecule is COc1cc(/C=N/NC(=O)c2cccc(Cl)c2)ccc1OCC(=O)Nc1cccc([N+](=O)[O-])c1. The van der Waals surface area contributed by atoms with E-state index in [1.807, 2.05) is 0 Å². The average Bonchev–Trinajstić information content (AvgIpc) is 2.83. The van der Waals surface area contributed by atoms with Gasteiger partial charge in [0.05, 0.1) is 18.2 Å². The maximum absolute atomic E-state index is 12.2. The Morgan fingerprint density at radius 1 is 1.09 bits per heavy atom. The zero-order chi connectivity index (χ0) is 24.5. The molecule has 3 aromatic rings. The van der Waals surface area contributed by atoms with Crippen molar-refractivity contribution in [3.05, 3.63) is 93.0 Å². The van der Waals surface area contributed by atoms with Crippen LogP contribution in [0.4, 0.5) is 11.4 Å². The molecule has 0 bridgehead atoms. The highest BCUT2D eigenvalue weighted by molar-refractivity contribution is 6.30. The first-order valence-corrected chi connectivity index (χ1v) is 10.2. The lowest BCUT2D eigenvalue weighted by atomic mass is 10.2. The van der Waals surface area contributed by atoms with Crippen LogP contribution in [-0.2, 0) is 4.79 Å². The van der Waals surface area contributed by atoms with Crippen LogP contribution in [0.15, 0.2) is 71.8 Å². The molecule has 0 heterocycles. The van der Waals surface area contributed by atoms with Crippen molar-refractivity contribution in [2.45, 2.75) is 0 Å². The van der Waals surface area contributed by atoms with Gasteiger partial charge in [0.25, 0.3) is 17.5 Å². The number of carbonyl (C=O) groups excluding carboxylic acids is 2. The van der Waals surface area contributed by atoms with Crippen molar-refractivity contribution in [2.24, 2.45) is 5.10 Å². The monoisotopic (exact) mass is 482 g/mol. The molecule has 0 saturated carbocycles. The molecule has 0 atom stereocenters. The van der Waals surface area contributed by atoms with E-state index in [1.54, 1.807) is 36.4 Å². The highest BCUT2D eigenvalue weighted by Crippen LogP contribution is 2.27. The van der Waals surface area contributed by atoms with E-state index in [0.29, 0.717) is 27.6 Å². The summed E-state index contributed by atoms with van der Waals surface area (Å²) in [6.07, 6.45) is 1.42. The van der Waals surface area contributed by atoms with Crippen LogP contribution in [0, 0.1) is 10.1 Å². The standard InChI is InChI=1S/C23H19ClN4O6/c1-33-21-10-15(13-25-27-23(30)16-4-2-5-17(24)11-16)8-9-20(21)34-14-22(29)26-18-6-3-7-19(12-18)28(31)32/h2-13H,14H2,1H3,(H,26,29)(H,27,30)/b25-13+. The number of nitrogens with zero attached hydrogens (tertiary/aromatic N) is 2. The first-order valence-electron chi connectivity index (χ1n) is 9.80. The second kappa shape index (κ2) is 11.4. The molecule has 34 heavy (non-hydrogen) atoms. The molecule has 0 spiro atoms. The molecule has 0 aliphatic rings. The van der Waals surface area contributed by atoms with Gasteiger partial charge in [-0.05, 0) is 48.0 Å². The van der Waals surface area contributed by atoms with Gasteiger partial charge in [-0.1, -0.05) is 23.7 Å². The quantitative estimate of drug-likeness (QED) is 0.269. The molecular weight excluding hydrogens is 464 g/mol. The van der Waals surface area contributed by atoms with Gasteiger partial charge in [0.2, 0.25) is 0 Å². The van der Waals surface area contributed by atoms with E-state index in [-0.39, 0.29) is 18.0 Å². The van der Waals surface area contributed by atoms with E-state index in [1.165, 1.54) is 43.7 Å². The number of methoxy groups -OCH3 is 1. The summed E-state index contributed by atoms with van der Waals surface area (Å²) < 4.78 is 10.8. The van der Waals surface area contributed by atoms with Crippen molar-refractivity contribution < 1.29 is 24.0 Å². The smallest absolute Gasteiger partial charge is 0.271 e. The molecule has 3 aromatic carbocycles. The molecule has 2 N–H and O–H groups in total. The highest BCUT2D eigenvalue weighted by atomic mass is 35.5. The van der Waals surface area contributed by atoms with E-state index in [9.17, 15) is 19.7 Å². The number of rotatable bonds is 9. The fourth-order valence-electron chi connectivity index (χ4n) is 2.78. The van der Waals surface area contributed by atoms with E-state index in [2.05, 4.69) is 15.8 Å². The first kappa shape index (κ1) is 24.2. The molecule has 0 aromatic heterocycles. The summed E-state index contributed by atoms with van der Waals surface area (Å²) in [6.45, 7) is -0.345. The number of benzene rings is 3. The molecular formula is C23H19ClN4O6. The van der Waals surface area contributed by atoms with Gasteiger partial charge in [-0.15, -0.1) is 0 Å². The van der Waals surface area contributed by atoms with Gasteiger partial charge < -0.3 is 14.8 Å². The van der Waals surface area contributed by atoms with Crippen molar-refractivity contribution >= 4 is 41.0 Å². The van der Waals surface area contributed by atoms with Crippen LogP contribution in [0.2, 0.25) is 5.02 Å². The number of nitro benzene ring substituents is 1. The fourth-order valence-corrected chi connectivity index (χ4v) is 2.97. The van der Waals surface area contributed by atoms with Crippen LogP contribution in [0.25, 0.3) is 0 Å². The minimum Gasteiger partial charge on any atom is -0.493 e. The molecule has 0 aliphatic carbocycles. The third kappa shape index (κ3) is 6.78. The summed E-state index contributed by atoms with van der Waals surface area (Å²) in [4.78, 5) is 34.5. The Balaban J connectivity index is 1.57. The normalized spacial score (nSPS) is 10.5. The van der Waals surface area contributed by atoms with Crippen molar-refractivity contribution in [3.63, 3.8) is 0 Å². The number of nitro groups is 1. The van der Waals surface area contributed by atoms with Gasteiger partial charge in [0, 0.05) is 28.4 Å². The van der Waals surface area contributed by atoms with Gasteiger partial charge in [-0.3, -0.25) is 19.7 Å². The van der Waals surface area contributed by atoms with Crippen molar-refractivity contribution in [2.75, 3.05) is 19.0 Å². The lowest BCUT2D eigenvalue weighted by Gasteiger charge is -2.11. The molecule has 0 saturated heterocycles. The van der Waals surface area contributed by atoms with Crippen molar-refractivity contribution in [1.82, 2.24) is 5.43 Å². The van der Waals surface area contributed by atoms with Crippen LogP contribution < -0.4 is 20.2 Å². The molecule has 2 amide bonds. The number of amides is 2. The number of hydrogen-bond acceptors (Lipinski definition) is 7. The van der Waals surface area contributed by atoms with Crippen LogP contribution in [0.5, 0.6) is 11.5 Å². The Labute approximate surface area is 199 Å². The molecule has 0 unspecified atom stereocenters. The van der Waals surface area contributed by atoms with Crippen molar-refractivity contribution in [1.29, 1.82) is 0 Å².